The quantitative estimate of drug-likeness (QED) is 0.738. The fraction of sp³-hybridized carbons (Fsp3) is 0.429. The Morgan fingerprint density at radius 3 is 2.86 bits per heavy atom. The van der Waals surface area contributed by atoms with E-state index in [4.69, 9.17) is 18.0 Å². The second-order valence-electron chi connectivity index (χ2n) is 3.18. The van der Waals surface area contributed by atoms with E-state index in [0.29, 0.717) is 5.00 Å². The third-order valence-electron chi connectivity index (χ3n) is 2.25. The molecule has 1 amide bonds. The molecule has 1 heterocycles. The average Bonchev–Trinajstić information content (AvgIpc) is 2.81. The summed E-state index contributed by atoms with van der Waals surface area (Å²) in [5, 5.41) is 6.93. The van der Waals surface area contributed by atoms with E-state index in [1.165, 1.54) is 6.20 Å². The second kappa shape index (κ2) is 3.25. The molecule has 2 rings (SSSR count). The van der Waals surface area contributed by atoms with Gasteiger partial charge in [-0.3, -0.25) is 4.79 Å². The van der Waals surface area contributed by atoms with Gasteiger partial charge in [-0.05, 0) is 12.8 Å². The SMILES string of the molecule is NC(=S)C1(C(=O)Nc2cnns2)CC1. The summed E-state index contributed by atoms with van der Waals surface area (Å²) in [6, 6.07) is 0. The summed E-state index contributed by atoms with van der Waals surface area (Å²) in [4.78, 5) is 12.0. The predicted molar refractivity (Wildman–Crippen MR) is 57.0 cm³/mol. The second-order valence-corrected chi connectivity index (χ2v) is 4.41. The van der Waals surface area contributed by atoms with Crippen molar-refractivity contribution in [3.05, 3.63) is 6.20 Å². The minimum atomic E-state index is -0.612. The molecule has 1 aliphatic rings. The van der Waals surface area contributed by atoms with Gasteiger partial charge in [-0.15, -0.1) is 5.10 Å². The highest BCUT2D eigenvalue weighted by Gasteiger charge is 2.52. The van der Waals surface area contributed by atoms with Crippen molar-refractivity contribution in [2.45, 2.75) is 12.8 Å². The van der Waals surface area contributed by atoms with Crippen LogP contribution in [0.2, 0.25) is 0 Å². The molecule has 0 saturated heterocycles. The van der Waals surface area contributed by atoms with E-state index >= 15 is 0 Å². The zero-order valence-electron chi connectivity index (χ0n) is 7.19. The molecule has 0 spiro atoms. The van der Waals surface area contributed by atoms with Crippen LogP contribution in [0.5, 0.6) is 0 Å². The van der Waals surface area contributed by atoms with E-state index in [-0.39, 0.29) is 10.9 Å². The highest BCUT2D eigenvalue weighted by Crippen LogP contribution is 2.46. The first-order valence-corrected chi connectivity index (χ1v) is 5.22. The molecule has 1 aliphatic carbocycles. The Balaban J connectivity index is 2.07. The minimum Gasteiger partial charge on any atom is -0.392 e. The fourth-order valence-electron chi connectivity index (χ4n) is 1.16. The number of aromatic nitrogens is 2. The first kappa shape index (κ1) is 9.47. The molecule has 1 fully saturated rings. The van der Waals surface area contributed by atoms with Gasteiger partial charge < -0.3 is 11.1 Å². The van der Waals surface area contributed by atoms with E-state index < -0.39 is 5.41 Å². The molecule has 7 heteroatoms. The van der Waals surface area contributed by atoms with Crippen LogP contribution in [-0.2, 0) is 4.79 Å². The van der Waals surface area contributed by atoms with E-state index in [9.17, 15) is 4.79 Å². The number of thiocarbonyl (C=S) groups is 1. The molecule has 5 nitrogen and oxygen atoms in total. The number of rotatable bonds is 3. The van der Waals surface area contributed by atoms with Gasteiger partial charge in [0.05, 0.1) is 16.6 Å². The van der Waals surface area contributed by atoms with Gasteiger partial charge in [0.15, 0.2) is 0 Å². The first-order chi connectivity index (χ1) is 6.65. The molecule has 0 radical (unpaired) electrons. The highest BCUT2D eigenvalue weighted by atomic mass is 32.1. The number of nitrogens with zero attached hydrogens (tertiary/aromatic N) is 2. The van der Waals surface area contributed by atoms with Crippen LogP contribution in [0.1, 0.15) is 12.8 Å². The Kier molecular flexibility index (Phi) is 2.20. The topological polar surface area (TPSA) is 80.9 Å². The summed E-state index contributed by atoms with van der Waals surface area (Å²) >= 11 is 5.98. The van der Waals surface area contributed by atoms with Crippen LogP contribution >= 0.6 is 23.8 Å². The third kappa shape index (κ3) is 1.48. The molecule has 0 unspecified atom stereocenters. The van der Waals surface area contributed by atoms with Gasteiger partial charge in [-0.25, -0.2) is 0 Å². The zero-order valence-corrected chi connectivity index (χ0v) is 8.82. The number of carbonyl (C=O) groups is 1. The Hall–Kier alpha value is -1.08. The summed E-state index contributed by atoms with van der Waals surface area (Å²) in [6.45, 7) is 0. The van der Waals surface area contributed by atoms with Crippen LogP contribution < -0.4 is 11.1 Å². The van der Waals surface area contributed by atoms with Gasteiger partial charge in [-0.2, -0.15) is 0 Å². The molecule has 0 aromatic carbocycles. The Morgan fingerprint density at radius 1 is 1.71 bits per heavy atom. The average molecular weight is 228 g/mol. The van der Waals surface area contributed by atoms with Crippen molar-refractivity contribution in [1.82, 2.24) is 9.59 Å². The number of carbonyl (C=O) groups excluding carboxylic acids is 1. The van der Waals surface area contributed by atoms with Crippen molar-refractivity contribution in [2.24, 2.45) is 11.1 Å². The van der Waals surface area contributed by atoms with E-state index in [1.54, 1.807) is 0 Å². The molecular formula is C7H8N4OS2. The van der Waals surface area contributed by atoms with Crippen molar-refractivity contribution in [3.8, 4) is 0 Å². The normalized spacial score (nSPS) is 17.4. The fourth-order valence-corrected chi connectivity index (χ4v) is 1.88. The van der Waals surface area contributed by atoms with Gasteiger partial charge in [0.1, 0.15) is 5.00 Å². The van der Waals surface area contributed by atoms with E-state index in [2.05, 4.69) is 14.9 Å². The highest BCUT2D eigenvalue weighted by molar-refractivity contribution is 7.80. The number of anilines is 1. The molecule has 0 bridgehead atoms. The number of nitrogens with one attached hydrogen (secondary N) is 1. The maximum absolute atomic E-state index is 11.7. The van der Waals surface area contributed by atoms with Gasteiger partial charge in [-0.1, -0.05) is 16.7 Å². The van der Waals surface area contributed by atoms with Crippen LogP contribution in [0, 0.1) is 5.41 Å². The van der Waals surface area contributed by atoms with Gasteiger partial charge in [0, 0.05) is 11.5 Å². The summed E-state index contributed by atoms with van der Waals surface area (Å²) in [5.74, 6) is -0.143. The number of amides is 1. The van der Waals surface area contributed by atoms with Crippen molar-refractivity contribution in [3.63, 3.8) is 0 Å². The molecule has 74 valence electrons. The largest absolute Gasteiger partial charge is 0.392 e. The Bertz CT molecular complexity index is 371. The molecule has 1 aromatic rings. The van der Waals surface area contributed by atoms with Crippen molar-refractivity contribution in [1.29, 1.82) is 0 Å². The molecule has 3 N–H and O–H groups in total. The van der Waals surface area contributed by atoms with E-state index in [1.807, 2.05) is 0 Å². The summed E-state index contributed by atoms with van der Waals surface area (Å²) in [6.07, 6.45) is 2.97. The van der Waals surface area contributed by atoms with Crippen LogP contribution in [0.3, 0.4) is 0 Å². The van der Waals surface area contributed by atoms with Crippen LogP contribution in [0.25, 0.3) is 0 Å². The monoisotopic (exact) mass is 228 g/mol. The standard InChI is InChI=1S/C7H8N4OS2/c8-5(13)7(1-2-7)6(12)10-4-3-9-11-14-4/h3H,1-2H2,(H2,8,13)(H,10,12). The lowest BCUT2D eigenvalue weighted by atomic mass is 10.1. The predicted octanol–water partition coefficient (Wildman–Crippen LogP) is 0.543. The molecule has 14 heavy (non-hydrogen) atoms. The van der Waals surface area contributed by atoms with Crippen LogP contribution in [-0.4, -0.2) is 20.5 Å². The number of hydrogen-bond acceptors (Lipinski definition) is 5. The molecular weight excluding hydrogens is 220 g/mol. The molecule has 0 aliphatic heterocycles. The Labute approximate surface area is 89.8 Å². The maximum Gasteiger partial charge on any atom is 0.238 e. The molecule has 0 atom stereocenters. The van der Waals surface area contributed by atoms with Crippen LogP contribution in [0.4, 0.5) is 5.00 Å². The number of nitrogens with two attached hydrogens (primary N) is 1. The summed E-state index contributed by atoms with van der Waals surface area (Å²) in [7, 11) is 0. The first-order valence-electron chi connectivity index (χ1n) is 4.04. The number of hydrogen-bond donors (Lipinski definition) is 2. The maximum atomic E-state index is 11.7. The zero-order chi connectivity index (χ0) is 10.2. The van der Waals surface area contributed by atoms with E-state index in [0.717, 1.165) is 24.4 Å². The lowest BCUT2D eigenvalue weighted by molar-refractivity contribution is -0.118. The minimum absolute atomic E-state index is 0.143. The van der Waals surface area contributed by atoms with Gasteiger partial charge in [0.25, 0.3) is 0 Å². The van der Waals surface area contributed by atoms with Crippen molar-refractivity contribution >= 4 is 39.6 Å². The van der Waals surface area contributed by atoms with Crippen molar-refractivity contribution < 1.29 is 4.79 Å². The lowest BCUT2D eigenvalue weighted by Crippen LogP contribution is -2.34. The lowest BCUT2D eigenvalue weighted by Gasteiger charge is -2.11. The molecule has 1 aromatic heterocycles. The summed E-state index contributed by atoms with van der Waals surface area (Å²) in [5.41, 5.74) is 4.89. The molecule has 1 saturated carbocycles. The summed E-state index contributed by atoms with van der Waals surface area (Å²) < 4.78 is 3.64. The van der Waals surface area contributed by atoms with Crippen molar-refractivity contribution in [2.75, 3.05) is 5.32 Å². The van der Waals surface area contributed by atoms with Crippen LogP contribution in [0.15, 0.2) is 6.20 Å². The third-order valence-corrected chi connectivity index (χ3v) is 3.23. The smallest absolute Gasteiger partial charge is 0.238 e. The van der Waals surface area contributed by atoms with Gasteiger partial charge >= 0.3 is 0 Å². The van der Waals surface area contributed by atoms with Gasteiger partial charge in [0.2, 0.25) is 5.91 Å². The Morgan fingerprint density at radius 2 is 2.43 bits per heavy atom.